The molecule has 0 bridgehead atoms. The molecule has 4 nitrogen and oxygen atoms in total. The van der Waals surface area contributed by atoms with Crippen LogP contribution in [0.3, 0.4) is 0 Å². The molecular formula is C19H19Cl2FN2O2. The highest BCUT2D eigenvalue weighted by Crippen LogP contribution is 2.31. The van der Waals surface area contributed by atoms with Crippen LogP contribution in [0, 0.1) is 19.7 Å². The van der Waals surface area contributed by atoms with E-state index in [9.17, 15) is 14.0 Å². The molecule has 0 aliphatic rings. The minimum absolute atomic E-state index is 0.0538. The van der Waals surface area contributed by atoms with Crippen molar-refractivity contribution in [2.75, 3.05) is 16.8 Å². The number of halogens is 3. The van der Waals surface area contributed by atoms with Gasteiger partial charge in [0.15, 0.2) is 0 Å². The monoisotopic (exact) mass is 396 g/mol. The zero-order valence-electron chi connectivity index (χ0n) is 14.7. The van der Waals surface area contributed by atoms with E-state index in [0.717, 1.165) is 11.1 Å². The molecule has 2 aromatic carbocycles. The van der Waals surface area contributed by atoms with E-state index in [2.05, 4.69) is 5.32 Å². The normalized spacial score (nSPS) is 10.5. The molecule has 0 aliphatic heterocycles. The summed E-state index contributed by atoms with van der Waals surface area (Å²) >= 11 is 12.0. The zero-order chi connectivity index (χ0) is 19.4. The summed E-state index contributed by atoms with van der Waals surface area (Å²) in [6.45, 7) is 5.37. The molecule has 0 spiro atoms. The average molecular weight is 397 g/mol. The summed E-state index contributed by atoms with van der Waals surface area (Å²) in [5.41, 5.74) is 2.84. The lowest BCUT2D eigenvalue weighted by Gasteiger charge is -2.24. The molecule has 1 N–H and O–H groups in total. The topological polar surface area (TPSA) is 49.4 Å². The largest absolute Gasteiger partial charge is 0.326 e. The Kier molecular flexibility index (Phi) is 6.62. The van der Waals surface area contributed by atoms with Crippen LogP contribution >= 0.6 is 23.2 Å². The van der Waals surface area contributed by atoms with Gasteiger partial charge in [-0.05, 0) is 49.2 Å². The number of hydrogen-bond donors (Lipinski definition) is 1. The first-order valence-corrected chi connectivity index (χ1v) is 8.74. The molecule has 0 aliphatic carbocycles. The first kappa shape index (κ1) is 20.2. The minimum atomic E-state index is -0.558. The highest BCUT2D eigenvalue weighted by molar-refractivity contribution is 6.34. The van der Waals surface area contributed by atoms with Crippen molar-refractivity contribution in [2.24, 2.45) is 0 Å². The summed E-state index contributed by atoms with van der Waals surface area (Å²) in [5, 5.41) is 3.02. The van der Waals surface area contributed by atoms with E-state index in [1.165, 1.54) is 30.0 Å². The molecule has 2 rings (SSSR count). The van der Waals surface area contributed by atoms with E-state index in [4.69, 9.17) is 23.2 Å². The molecule has 26 heavy (non-hydrogen) atoms. The summed E-state index contributed by atoms with van der Waals surface area (Å²) < 4.78 is 13.2. The second-order valence-electron chi connectivity index (χ2n) is 6.01. The lowest BCUT2D eigenvalue weighted by atomic mass is 10.1. The molecule has 0 radical (unpaired) electrons. The van der Waals surface area contributed by atoms with E-state index in [1.807, 2.05) is 19.9 Å². The Morgan fingerprint density at radius 3 is 2.38 bits per heavy atom. The molecular weight excluding hydrogens is 378 g/mol. The van der Waals surface area contributed by atoms with Crippen molar-refractivity contribution in [1.29, 1.82) is 0 Å². The van der Waals surface area contributed by atoms with Crippen LogP contribution in [0.4, 0.5) is 15.8 Å². The van der Waals surface area contributed by atoms with Crippen molar-refractivity contribution in [3.8, 4) is 0 Å². The fourth-order valence-electron chi connectivity index (χ4n) is 2.69. The van der Waals surface area contributed by atoms with Gasteiger partial charge >= 0.3 is 0 Å². The van der Waals surface area contributed by atoms with Gasteiger partial charge in [0.2, 0.25) is 11.8 Å². The van der Waals surface area contributed by atoms with Gasteiger partial charge in [0, 0.05) is 25.6 Å². The quantitative estimate of drug-likeness (QED) is 0.761. The Morgan fingerprint density at radius 2 is 1.81 bits per heavy atom. The fourth-order valence-corrected chi connectivity index (χ4v) is 3.29. The van der Waals surface area contributed by atoms with Gasteiger partial charge < -0.3 is 10.2 Å². The molecule has 2 aromatic rings. The van der Waals surface area contributed by atoms with Gasteiger partial charge in [-0.15, -0.1) is 0 Å². The van der Waals surface area contributed by atoms with Gasteiger partial charge in [0.25, 0.3) is 0 Å². The van der Waals surface area contributed by atoms with Crippen molar-refractivity contribution in [2.45, 2.75) is 27.2 Å². The predicted octanol–water partition coefficient (Wildman–Crippen LogP) is 5.13. The van der Waals surface area contributed by atoms with E-state index in [0.29, 0.717) is 16.4 Å². The van der Waals surface area contributed by atoms with E-state index in [-0.39, 0.29) is 29.8 Å². The summed E-state index contributed by atoms with van der Waals surface area (Å²) in [6, 6.07) is 7.63. The zero-order valence-corrected chi connectivity index (χ0v) is 16.2. The van der Waals surface area contributed by atoms with Crippen molar-refractivity contribution >= 4 is 46.4 Å². The maximum atomic E-state index is 13.2. The SMILES string of the molecule is CC(=O)N(CCC(=O)Nc1ccc(F)c(Cl)c1)c1c(C)cc(C)cc1Cl. The van der Waals surface area contributed by atoms with Crippen molar-refractivity contribution in [3.05, 3.63) is 57.3 Å². The molecule has 0 aromatic heterocycles. The van der Waals surface area contributed by atoms with E-state index < -0.39 is 5.82 Å². The van der Waals surface area contributed by atoms with Gasteiger partial charge in [0.05, 0.1) is 15.7 Å². The summed E-state index contributed by atoms with van der Waals surface area (Å²) in [4.78, 5) is 25.7. The van der Waals surface area contributed by atoms with Crippen LogP contribution in [0.2, 0.25) is 10.0 Å². The van der Waals surface area contributed by atoms with Crippen molar-refractivity contribution < 1.29 is 14.0 Å². The number of amides is 2. The Morgan fingerprint density at radius 1 is 1.12 bits per heavy atom. The number of anilines is 2. The Hall–Kier alpha value is -2.11. The van der Waals surface area contributed by atoms with E-state index in [1.54, 1.807) is 6.07 Å². The Balaban J connectivity index is 2.10. The lowest BCUT2D eigenvalue weighted by Crippen LogP contribution is -2.32. The molecule has 0 atom stereocenters. The summed E-state index contributed by atoms with van der Waals surface area (Å²) in [6.07, 6.45) is 0.0538. The number of hydrogen-bond acceptors (Lipinski definition) is 2. The number of aryl methyl sites for hydroxylation is 2. The molecule has 0 unspecified atom stereocenters. The van der Waals surface area contributed by atoms with Gasteiger partial charge in [-0.25, -0.2) is 4.39 Å². The molecule has 0 heterocycles. The first-order valence-electron chi connectivity index (χ1n) is 7.98. The third-order valence-electron chi connectivity index (χ3n) is 3.81. The first-order chi connectivity index (χ1) is 12.2. The maximum Gasteiger partial charge on any atom is 0.226 e. The van der Waals surface area contributed by atoms with Crippen LogP contribution in [0.15, 0.2) is 30.3 Å². The highest BCUT2D eigenvalue weighted by Gasteiger charge is 2.19. The van der Waals surface area contributed by atoms with Crippen LogP contribution in [0.5, 0.6) is 0 Å². The lowest BCUT2D eigenvalue weighted by molar-refractivity contribution is -0.117. The second-order valence-corrected chi connectivity index (χ2v) is 6.82. The standard InChI is InChI=1S/C19H19Cl2FN2O2/c1-11-8-12(2)19(16(21)9-11)24(13(3)25)7-6-18(26)23-14-4-5-17(22)15(20)10-14/h4-5,8-10H,6-7H2,1-3H3,(H,23,26). The van der Waals surface area contributed by atoms with Gasteiger partial charge in [-0.1, -0.05) is 29.3 Å². The van der Waals surface area contributed by atoms with E-state index >= 15 is 0 Å². The molecule has 0 saturated heterocycles. The van der Waals surface area contributed by atoms with Crippen LogP contribution in [0.25, 0.3) is 0 Å². The van der Waals surface area contributed by atoms with Crippen LogP contribution in [-0.4, -0.2) is 18.4 Å². The number of benzene rings is 2. The molecule has 7 heteroatoms. The third kappa shape index (κ3) is 4.96. The van der Waals surface area contributed by atoms with Crippen LogP contribution in [0.1, 0.15) is 24.5 Å². The molecule has 2 amide bonds. The number of nitrogens with one attached hydrogen (secondary N) is 1. The number of rotatable bonds is 5. The number of nitrogens with zero attached hydrogens (tertiary/aromatic N) is 1. The summed E-state index contributed by atoms with van der Waals surface area (Å²) in [7, 11) is 0. The van der Waals surface area contributed by atoms with Crippen molar-refractivity contribution in [1.82, 2.24) is 0 Å². The summed E-state index contributed by atoms with van der Waals surface area (Å²) in [5.74, 6) is -1.09. The molecule has 138 valence electrons. The number of carbonyl (C=O) groups excluding carboxylic acids is 2. The van der Waals surface area contributed by atoms with Gasteiger partial charge in [-0.3, -0.25) is 9.59 Å². The second kappa shape index (κ2) is 8.52. The Bertz CT molecular complexity index is 832. The maximum absolute atomic E-state index is 13.2. The fraction of sp³-hybridized carbons (Fsp3) is 0.263. The van der Waals surface area contributed by atoms with Crippen molar-refractivity contribution in [3.63, 3.8) is 0 Å². The highest BCUT2D eigenvalue weighted by atomic mass is 35.5. The van der Waals surface area contributed by atoms with Gasteiger partial charge in [0.1, 0.15) is 5.82 Å². The molecule has 0 saturated carbocycles. The smallest absolute Gasteiger partial charge is 0.226 e. The average Bonchev–Trinajstić information content (AvgIpc) is 2.52. The number of carbonyl (C=O) groups is 2. The third-order valence-corrected chi connectivity index (χ3v) is 4.39. The predicted molar refractivity (Wildman–Crippen MR) is 104 cm³/mol. The molecule has 0 fully saturated rings. The minimum Gasteiger partial charge on any atom is -0.326 e. The van der Waals surface area contributed by atoms with Crippen LogP contribution < -0.4 is 10.2 Å². The van der Waals surface area contributed by atoms with Crippen LogP contribution in [-0.2, 0) is 9.59 Å². The van der Waals surface area contributed by atoms with Gasteiger partial charge in [-0.2, -0.15) is 0 Å². The Labute approximate surface area is 161 Å².